The maximum Gasteiger partial charge on any atom is 0.416 e. The number of amides is 1. The molecule has 0 saturated carbocycles. The molecule has 2 aromatic carbocycles. The third-order valence-electron chi connectivity index (χ3n) is 6.38. The van der Waals surface area contributed by atoms with Crippen LogP contribution in [0.4, 0.5) is 19.0 Å². The van der Waals surface area contributed by atoms with Gasteiger partial charge in [0.15, 0.2) is 6.10 Å². The molecule has 1 amide bonds. The summed E-state index contributed by atoms with van der Waals surface area (Å²) in [7, 11) is 0. The van der Waals surface area contributed by atoms with Crippen molar-refractivity contribution < 1.29 is 27.4 Å². The topological polar surface area (TPSA) is 89.1 Å². The van der Waals surface area contributed by atoms with E-state index in [0.29, 0.717) is 52.8 Å². The number of H-pyrrole nitrogens is 1. The van der Waals surface area contributed by atoms with Gasteiger partial charge in [0.2, 0.25) is 5.91 Å². The van der Waals surface area contributed by atoms with Crippen LogP contribution in [0.5, 0.6) is 17.2 Å². The molecule has 35 heavy (non-hydrogen) atoms. The van der Waals surface area contributed by atoms with Crippen molar-refractivity contribution in [3.8, 4) is 17.2 Å². The highest BCUT2D eigenvalue weighted by Crippen LogP contribution is 2.47. The van der Waals surface area contributed by atoms with E-state index in [1.54, 1.807) is 24.4 Å². The van der Waals surface area contributed by atoms with Crippen LogP contribution in [0.1, 0.15) is 47.9 Å². The maximum absolute atomic E-state index is 13.1. The first-order chi connectivity index (χ1) is 16.8. The van der Waals surface area contributed by atoms with Crippen molar-refractivity contribution in [3.05, 3.63) is 71.2 Å². The lowest BCUT2D eigenvalue weighted by molar-refractivity contribution is -0.137. The first-order valence-electron chi connectivity index (χ1n) is 11.1. The molecule has 7 nitrogen and oxygen atoms in total. The predicted molar refractivity (Wildman–Crippen MR) is 121 cm³/mol. The van der Waals surface area contributed by atoms with Crippen LogP contribution in [0.3, 0.4) is 0 Å². The Morgan fingerprint density at radius 1 is 1.11 bits per heavy atom. The molecule has 2 aromatic heterocycles. The Labute approximate surface area is 197 Å². The number of halogens is 3. The van der Waals surface area contributed by atoms with Gasteiger partial charge in [-0.05, 0) is 48.9 Å². The lowest BCUT2D eigenvalue weighted by atomic mass is 9.97. The molecule has 178 valence electrons. The van der Waals surface area contributed by atoms with Gasteiger partial charge in [0.05, 0.1) is 16.6 Å². The lowest BCUT2D eigenvalue weighted by Gasteiger charge is -2.19. The van der Waals surface area contributed by atoms with E-state index in [0.717, 1.165) is 23.3 Å². The molecule has 2 atom stereocenters. The number of anilines is 1. The predicted octanol–water partition coefficient (Wildman–Crippen LogP) is 5.89. The summed E-state index contributed by atoms with van der Waals surface area (Å²) >= 11 is 0. The summed E-state index contributed by atoms with van der Waals surface area (Å²) in [5, 5.41) is 2.76. The van der Waals surface area contributed by atoms with E-state index < -0.39 is 17.8 Å². The number of aromatic amines is 1. The van der Waals surface area contributed by atoms with E-state index in [2.05, 4.69) is 20.3 Å². The van der Waals surface area contributed by atoms with E-state index >= 15 is 0 Å². The maximum atomic E-state index is 13.1. The van der Waals surface area contributed by atoms with Crippen molar-refractivity contribution in [1.29, 1.82) is 0 Å². The molecular formula is C25H19F3N4O3. The van der Waals surface area contributed by atoms with Gasteiger partial charge in [-0.3, -0.25) is 4.79 Å². The van der Waals surface area contributed by atoms with Gasteiger partial charge in [-0.1, -0.05) is 6.92 Å². The van der Waals surface area contributed by atoms with Crippen LogP contribution in [-0.2, 0) is 17.4 Å². The summed E-state index contributed by atoms with van der Waals surface area (Å²) in [5.41, 5.74) is 1.76. The van der Waals surface area contributed by atoms with E-state index in [-0.39, 0.29) is 11.8 Å². The minimum absolute atomic E-state index is 0.0723. The van der Waals surface area contributed by atoms with Gasteiger partial charge in [0.25, 0.3) is 0 Å². The molecule has 0 saturated heterocycles. The molecule has 2 aliphatic rings. The van der Waals surface area contributed by atoms with Gasteiger partial charge in [0, 0.05) is 29.7 Å². The summed E-state index contributed by atoms with van der Waals surface area (Å²) in [4.78, 5) is 23.4. The van der Waals surface area contributed by atoms with Gasteiger partial charge in [-0.2, -0.15) is 13.2 Å². The molecule has 0 aliphatic carbocycles. The number of hydrogen-bond donors (Lipinski definition) is 2. The highest BCUT2D eigenvalue weighted by atomic mass is 19.4. The number of alkyl halides is 3. The number of hydrogen-bond acceptors (Lipinski definition) is 5. The number of benzene rings is 2. The number of imidazole rings is 1. The van der Waals surface area contributed by atoms with Gasteiger partial charge >= 0.3 is 6.18 Å². The van der Waals surface area contributed by atoms with Crippen molar-refractivity contribution >= 4 is 22.8 Å². The minimum atomic E-state index is -4.43. The first kappa shape index (κ1) is 21.5. The lowest BCUT2D eigenvalue weighted by Crippen LogP contribution is -2.20. The molecular weight excluding hydrogens is 461 g/mol. The standard InChI is InChI=1S/C25H19F3N4O3/c1-12-16-11-14(34-20-8-9-29-23-15(20)4-7-21(33)32-23)3-6-19(16)35-22(12)24-30-17-5-2-13(25(26,27)28)10-18(17)31-24/h2-3,5-6,8-12,22H,4,7H2,1H3,(H,30,31)(H,29,32,33)/t12?,22-/m1/s1. The van der Waals surface area contributed by atoms with E-state index in [9.17, 15) is 18.0 Å². The summed E-state index contributed by atoms with van der Waals surface area (Å²) in [5.74, 6) is 2.66. The largest absolute Gasteiger partial charge is 0.482 e. The minimum Gasteiger partial charge on any atom is -0.482 e. The number of fused-ring (bicyclic) bond motifs is 3. The summed E-state index contributed by atoms with van der Waals surface area (Å²) in [6.45, 7) is 1.97. The zero-order chi connectivity index (χ0) is 24.3. The Hall–Kier alpha value is -4.08. The van der Waals surface area contributed by atoms with Gasteiger partial charge in [-0.25, -0.2) is 9.97 Å². The van der Waals surface area contributed by atoms with Crippen molar-refractivity contribution in [1.82, 2.24) is 15.0 Å². The fourth-order valence-corrected chi connectivity index (χ4v) is 4.57. The third-order valence-corrected chi connectivity index (χ3v) is 6.38. The van der Waals surface area contributed by atoms with Crippen LogP contribution in [0, 0.1) is 0 Å². The van der Waals surface area contributed by atoms with Crippen molar-refractivity contribution in [3.63, 3.8) is 0 Å². The van der Waals surface area contributed by atoms with Crippen LogP contribution in [0.15, 0.2) is 48.7 Å². The molecule has 2 aliphatic heterocycles. The normalized spacial score (nSPS) is 19.1. The number of ether oxygens (including phenoxy) is 2. The summed E-state index contributed by atoms with van der Waals surface area (Å²) in [6, 6.07) is 10.7. The molecule has 4 aromatic rings. The second-order valence-corrected chi connectivity index (χ2v) is 8.66. The van der Waals surface area contributed by atoms with Gasteiger partial charge < -0.3 is 19.8 Å². The molecule has 0 fully saturated rings. The number of rotatable bonds is 3. The van der Waals surface area contributed by atoms with Crippen LogP contribution >= 0.6 is 0 Å². The van der Waals surface area contributed by atoms with Gasteiger partial charge in [0.1, 0.15) is 28.9 Å². The van der Waals surface area contributed by atoms with Crippen molar-refractivity contribution in [2.45, 2.75) is 38.0 Å². The zero-order valence-electron chi connectivity index (χ0n) is 18.4. The molecule has 0 spiro atoms. The van der Waals surface area contributed by atoms with Crippen LogP contribution in [0.2, 0.25) is 0 Å². The highest BCUT2D eigenvalue weighted by molar-refractivity contribution is 5.93. The molecule has 0 radical (unpaired) electrons. The Morgan fingerprint density at radius 2 is 1.97 bits per heavy atom. The molecule has 4 heterocycles. The van der Waals surface area contributed by atoms with E-state index in [1.807, 2.05) is 13.0 Å². The SMILES string of the molecule is CC1c2cc(Oc3ccnc4c3CCC(=O)N4)ccc2O[C@H]1c1nc2ccc(C(F)(F)F)cc2[nH]1. The van der Waals surface area contributed by atoms with Gasteiger partial charge in [-0.15, -0.1) is 0 Å². The number of aromatic nitrogens is 3. The van der Waals surface area contributed by atoms with Crippen LogP contribution in [0.25, 0.3) is 11.0 Å². The number of carbonyl (C=O) groups excluding carboxylic acids is 1. The van der Waals surface area contributed by atoms with Crippen molar-refractivity contribution in [2.24, 2.45) is 0 Å². The first-order valence-corrected chi connectivity index (χ1v) is 11.1. The second-order valence-electron chi connectivity index (χ2n) is 8.66. The number of carbonyl (C=O) groups is 1. The van der Waals surface area contributed by atoms with E-state index in [1.165, 1.54) is 6.07 Å². The second kappa shape index (κ2) is 7.72. The Morgan fingerprint density at radius 3 is 2.80 bits per heavy atom. The fourth-order valence-electron chi connectivity index (χ4n) is 4.57. The number of nitrogens with one attached hydrogen (secondary N) is 2. The monoisotopic (exact) mass is 480 g/mol. The average molecular weight is 480 g/mol. The summed E-state index contributed by atoms with van der Waals surface area (Å²) < 4.78 is 51.5. The molecule has 6 rings (SSSR count). The molecule has 0 bridgehead atoms. The fraction of sp³-hybridized carbons (Fsp3) is 0.240. The van der Waals surface area contributed by atoms with Crippen LogP contribution < -0.4 is 14.8 Å². The highest BCUT2D eigenvalue weighted by Gasteiger charge is 2.36. The smallest absolute Gasteiger partial charge is 0.416 e. The Balaban J connectivity index is 1.27. The number of nitrogens with zero attached hydrogens (tertiary/aromatic N) is 2. The van der Waals surface area contributed by atoms with Crippen LogP contribution in [-0.4, -0.2) is 20.9 Å². The summed E-state index contributed by atoms with van der Waals surface area (Å²) in [6.07, 6.45) is -2.41. The van der Waals surface area contributed by atoms with Crippen molar-refractivity contribution in [2.75, 3.05) is 5.32 Å². The number of pyridine rings is 1. The molecule has 1 unspecified atom stereocenters. The molecule has 10 heteroatoms. The molecule has 2 N–H and O–H groups in total. The quantitative estimate of drug-likeness (QED) is 0.382. The third kappa shape index (κ3) is 3.74. The van der Waals surface area contributed by atoms with E-state index in [4.69, 9.17) is 9.47 Å². The Bertz CT molecular complexity index is 1480. The Kier molecular flexibility index (Phi) is 4.73. The average Bonchev–Trinajstić information content (AvgIpc) is 3.39. The zero-order valence-corrected chi connectivity index (χ0v) is 18.4.